The van der Waals surface area contributed by atoms with Gasteiger partial charge in [-0.15, -0.1) is 11.3 Å². The number of carbonyl (C=O) groups is 1. The van der Waals surface area contributed by atoms with Crippen molar-refractivity contribution >= 4 is 23.0 Å². The number of hydrogen-bond donors (Lipinski definition) is 1. The van der Waals surface area contributed by atoms with Crippen LogP contribution in [0.2, 0.25) is 0 Å². The number of hydrogen-bond acceptors (Lipinski definition) is 6. The molecule has 0 aliphatic heterocycles. The number of nitrogen functional groups attached to an aromatic ring is 1. The summed E-state index contributed by atoms with van der Waals surface area (Å²) in [6.45, 7) is 5.80. The van der Waals surface area contributed by atoms with Gasteiger partial charge in [0.05, 0.1) is 27.8 Å². The number of anilines is 1. The molecule has 0 aliphatic carbocycles. The molecular weight excluding hydrogens is 264 g/mol. The summed E-state index contributed by atoms with van der Waals surface area (Å²) < 4.78 is 6.71. The zero-order valence-electron chi connectivity index (χ0n) is 11.1. The van der Waals surface area contributed by atoms with Crippen LogP contribution in [-0.2, 0) is 22.7 Å². The van der Waals surface area contributed by atoms with Crippen LogP contribution in [0.15, 0.2) is 5.38 Å². The minimum atomic E-state index is -0.351. The third-order valence-corrected chi connectivity index (χ3v) is 3.59. The number of aromatic nitrogens is 3. The van der Waals surface area contributed by atoms with Gasteiger partial charge in [0.2, 0.25) is 0 Å². The van der Waals surface area contributed by atoms with Crippen molar-refractivity contribution in [3.05, 3.63) is 27.5 Å². The van der Waals surface area contributed by atoms with Gasteiger partial charge in [0.25, 0.3) is 0 Å². The van der Waals surface area contributed by atoms with Gasteiger partial charge in [-0.3, -0.25) is 9.48 Å². The second-order valence-corrected chi connectivity index (χ2v) is 5.32. The Kier molecular flexibility index (Phi) is 3.84. The lowest BCUT2D eigenvalue weighted by molar-refractivity contribution is -0.146. The molecule has 0 aromatic carbocycles. The monoisotopic (exact) mass is 280 g/mol. The van der Waals surface area contributed by atoms with Crippen LogP contribution in [0.25, 0.3) is 0 Å². The third-order valence-electron chi connectivity index (χ3n) is 2.76. The highest BCUT2D eigenvalue weighted by molar-refractivity contribution is 7.09. The van der Waals surface area contributed by atoms with Crippen LogP contribution < -0.4 is 5.73 Å². The van der Waals surface area contributed by atoms with Gasteiger partial charge in [-0.25, -0.2) is 4.98 Å². The van der Waals surface area contributed by atoms with E-state index < -0.39 is 0 Å². The molecule has 2 aromatic heterocycles. The van der Waals surface area contributed by atoms with Crippen LogP contribution in [-0.4, -0.2) is 20.7 Å². The smallest absolute Gasteiger partial charge is 0.328 e. The van der Waals surface area contributed by atoms with Crippen LogP contribution in [0, 0.1) is 20.8 Å². The van der Waals surface area contributed by atoms with E-state index in [-0.39, 0.29) is 19.1 Å². The molecule has 6 nitrogen and oxygen atoms in total. The Morgan fingerprint density at radius 3 is 2.74 bits per heavy atom. The predicted molar refractivity (Wildman–Crippen MR) is 72.8 cm³/mol. The molecule has 0 bridgehead atoms. The molecule has 2 aromatic rings. The Morgan fingerprint density at radius 1 is 1.47 bits per heavy atom. The van der Waals surface area contributed by atoms with E-state index in [0.29, 0.717) is 5.69 Å². The standard InChI is InChI=1S/C12H16N4O2S/c1-7-12(13)8(2)16(15-7)4-11(17)18-5-10-6-19-9(3)14-10/h6H,4-5,13H2,1-3H3. The number of thiazole rings is 1. The van der Waals surface area contributed by atoms with Crippen molar-refractivity contribution in [1.29, 1.82) is 0 Å². The molecule has 0 atom stereocenters. The summed E-state index contributed by atoms with van der Waals surface area (Å²) in [5.74, 6) is -0.351. The molecule has 0 unspecified atom stereocenters. The molecule has 0 fully saturated rings. The molecule has 102 valence electrons. The average Bonchev–Trinajstić information content (AvgIpc) is 2.88. The molecular formula is C12H16N4O2S. The lowest BCUT2D eigenvalue weighted by Crippen LogP contribution is -2.15. The van der Waals surface area contributed by atoms with E-state index in [9.17, 15) is 4.79 Å². The minimum absolute atomic E-state index is 0.0625. The number of carbonyl (C=O) groups excluding carboxylic acids is 1. The van der Waals surface area contributed by atoms with E-state index in [0.717, 1.165) is 22.1 Å². The Balaban J connectivity index is 1.92. The molecule has 0 saturated heterocycles. The highest BCUT2D eigenvalue weighted by Gasteiger charge is 2.12. The zero-order valence-corrected chi connectivity index (χ0v) is 12.0. The fourth-order valence-corrected chi connectivity index (χ4v) is 2.26. The largest absolute Gasteiger partial charge is 0.458 e. The molecule has 19 heavy (non-hydrogen) atoms. The Bertz CT molecular complexity index is 603. The molecule has 2 heterocycles. The number of rotatable bonds is 4. The lowest BCUT2D eigenvalue weighted by atomic mass is 10.3. The van der Waals surface area contributed by atoms with E-state index in [2.05, 4.69) is 10.1 Å². The normalized spacial score (nSPS) is 10.7. The first-order valence-electron chi connectivity index (χ1n) is 5.83. The summed E-state index contributed by atoms with van der Waals surface area (Å²) >= 11 is 1.53. The van der Waals surface area contributed by atoms with Crippen LogP contribution in [0.1, 0.15) is 22.1 Å². The summed E-state index contributed by atoms with van der Waals surface area (Å²) in [5, 5.41) is 7.02. The van der Waals surface area contributed by atoms with Crippen molar-refractivity contribution < 1.29 is 9.53 Å². The van der Waals surface area contributed by atoms with Crippen molar-refractivity contribution in [2.24, 2.45) is 0 Å². The molecule has 7 heteroatoms. The number of esters is 1. The first-order valence-corrected chi connectivity index (χ1v) is 6.71. The first kappa shape index (κ1) is 13.5. The average molecular weight is 280 g/mol. The summed E-state index contributed by atoms with van der Waals surface area (Å²) in [5.41, 5.74) is 8.68. The Morgan fingerprint density at radius 2 is 2.21 bits per heavy atom. The van der Waals surface area contributed by atoms with Gasteiger partial charge in [-0.05, 0) is 20.8 Å². The summed E-state index contributed by atoms with van der Waals surface area (Å²) in [4.78, 5) is 15.9. The van der Waals surface area contributed by atoms with E-state index in [4.69, 9.17) is 10.5 Å². The number of aryl methyl sites for hydroxylation is 2. The molecule has 2 N–H and O–H groups in total. The van der Waals surface area contributed by atoms with Crippen LogP contribution >= 0.6 is 11.3 Å². The fraction of sp³-hybridized carbons (Fsp3) is 0.417. The fourth-order valence-electron chi connectivity index (χ4n) is 1.66. The third kappa shape index (κ3) is 3.11. The zero-order chi connectivity index (χ0) is 14.0. The van der Waals surface area contributed by atoms with Gasteiger partial charge in [-0.1, -0.05) is 0 Å². The van der Waals surface area contributed by atoms with Crippen molar-refractivity contribution in [2.45, 2.75) is 33.9 Å². The van der Waals surface area contributed by atoms with E-state index in [1.807, 2.05) is 26.2 Å². The molecule has 0 aliphatic rings. The van der Waals surface area contributed by atoms with Gasteiger partial charge in [0.1, 0.15) is 13.2 Å². The van der Waals surface area contributed by atoms with Crippen molar-refractivity contribution in [3.63, 3.8) is 0 Å². The maximum atomic E-state index is 11.7. The van der Waals surface area contributed by atoms with Crippen molar-refractivity contribution in [2.75, 3.05) is 5.73 Å². The van der Waals surface area contributed by atoms with Crippen LogP contribution in [0.5, 0.6) is 0 Å². The van der Waals surface area contributed by atoms with Crippen molar-refractivity contribution in [3.8, 4) is 0 Å². The van der Waals surface area contributed by atoms with Gasteiger partial charge in [0.15, 0.2) is 0 Å². The van der Waals surface area contributed by atoms with Gasteiger partial charge < -0.3 is 10.5 Å². The highest BCUT2D eigenvalue weighted by Crippen LogP contribution is 2.15. The minimum Gasteiger partial charge on any atom is -0.458 e. The van der Waals surface area contributed by atoms with Crippen molar-refractivity contribution in [1.82, 2.24) is 14.8 Å². The van der Waals surface area contributed by atoms with Gasteiger partial charge in [-0.2, -0.15) is 5.10 Å². The number of nitrogens with two attached hydrogens (primary N) is 1. The van der Waals surface area contributed by atoms with Crippen LogP contribution in [0.3, 0.4) is 0 Å². The van der Waals surface area contributed by atoms with E-state index in [1.165, 1.54) is 11.3 Å². The van der Waals surface area contributed by atoms with E-state index in [1.54, 1.807) is 4.68 Å². The highest BCUT2D eigenvalue weighted by atomic mass is 32.1. The summed E-state index contributed by atoms with van der Waals surface area (Å²) in [7, 11) is 0. The second kappa shape index (κ2) is 5.40. The summed E-state index contributed by atoms with van der Waals surface area (Å²) in [6.07, 6.45) is 0. The lowest BCUT2D eigenvalue weighted by Gasteiger charge is -2.05. The predicted octanol–water partition coefficient (Wildman–Crippen LogP) is 1.59. The molecule has 0 radical (unpaired) electrons. The molecule has 0 spiro atoms. The molecule has 0 amide bonds. The topological polar surface area (TPSA) is 83.0 Å². The summed E-state index contributed by atoms with van der Waals surface area (Å²) in [6, 6.07) is 0. The quantitative estimate of drug-likeness (QED) is 0.860. The second-order valence-electron chi connectivity index (χ2n) is 4.26. The maximum Gasteiger partial charge on any atom is 0.328 e. The SMILES string of the molecule is Cc1nc(COC(=O)Cn2nc(C)c(N)c2C)cs1. The van der Waals surface area contributed by atoms with Gasteiger partial charge >= 0.3 is 5.97 Å². The Hall–Kier alpha value is -1.89. The molecule has 0 saturated carbocycles. The first-order chi connectivity index (χ1) is 8.97. The number of ether oxygens (including phenoxy) is 1. The maximum absolute atomic E-state index is 11.7. The Labute approximate surface area is 115 Å². The molecule has 2 rings (SSSR count). The van der Waals surface area contributed by atoms with Crippen LogP contribution in [0.4, 0.5) is 5.69 Å². The van der Waals surface area contributed by atoms with E-state index >= 15 is 0 Å². The van der Waals surface area contributed by atoms with Gasteiger partial charge in [0, 0.05) is 5.38 Å². The number of nitrogens with zero attached hydrogens (tertiary/aromatic N) is 3.